The van der Waals surface area contributed by atoms with Gasteiger partial charge in [-0.3, -0.25) is 4.90 Å². The predicted octanol–water partition coefficient (Wildman–Crippen LogP) is 1.38. The zero-order chi connectivity index (χ0) is 16.2. The van der Waals surface area contributed by atoms with Crippen LogP contribution in [0, 0.1) is 6.92 Å². The quantitative estimate of drug-likeness (QED) is 0.907. The summed E-state index contributed by atoms with van der Waals surface area (Å²) in [5.41, 5.74) is 0.951. The maximum atomic E-state index is 12.3. The van der Waals surface area contributed by atoms with Crippen LogP contribution in [0.3, 0.4) is 0 Å². The van der Waals surface area contributed by atoms with Crippen LogP contribution < -0.4 is 5.32 Å². The summed E-state index contributed by atoms with van der Waals surface area (Å²) in [6, 6.07) is 2.05. The molecule has 0 radical (unpaired) electrons. The zero-order valence-electron chi connectivity index (χ0n) is 14.0. The topological polar surface area (TPSA) is 70.8 Å². The van der Waals surface area contributed by atoms with Crippen molar-refractivity contribution < 1.29 is 14.1 Å². The molecular weight excluding hydrogens is 296 g/mol. The molecule has 2 amide bonds. The third-order valence-electron chi connectivity index (χ3n) is 4.60. The van der Waals surface area contributed by atoms with Gasteiger partial charge in [-0.2, -0.15) is 0 Å². The smallest absolute Gasteiger partial charge is 0.317 e. The Kier molecular flexibility index (Phi) is 5.17. The second-order valence-electron chi connectivity index (χ2n) is 6.48. The molecule has 3 heterocycles. The SMILES string of the molecule is Cc1cc(CN2CCN(C(=O)N[C@@H](C)[C@H]3CCCO3)CC2)no1. The number of piperazine rings is 1. The Balaban J connectivity index is 1.41. The van der Waals surface area contributed by atoms with Crippen LogP contribution in [0.25, 0.3) is 0 Å². The van der Waals surface area contributed by atoms with Crippen molar-refractivity contribution in [3.05, 3.63) is 17.5 Å². The van der Waals surface area contributed by atoms with E-state index in [1.807, 2.05) is 24.8 Å². The average molecular weight is 322 g/mol. The summed E-state index contributed by atoms with van der Waals surface area (Å²) in [4.78, 5) is 16.5. The van der Waals surface area contributed by atoms with Gasteiger partial charge in [-0.05, 0) is 26.7 Å². The Morgan fingerprint density at radius 1 is 1.43 bits per heavy atom. The molecule has 1 N–H and O–H groups in total. The summed E-state index contributed by atoms with van der Waals surface area (Å²) in [6.45, 7) is 8.69. The Bertz CT molecular complexity index is 519. The van der Waals surface area contributed by atoms with Crippen LogP contribution >= 0.6 is 0 Å². The van der Waals surface area contributed by atoms with Crippen LogP contribution in [0.2, 0.25) is 0 Å². The minimum absolute atomic E-state index is 0.0185. The molecule has 0 saturated carbocycles. The first-order valence-corrected chi connectivity index (χ1v) is 8.43. The Hall–Kier alpha value is -1.60. The molecule has 3 rings (SSSR count). The second kappa shape index (κ2) is 7.31. The summed E-state index contributed by atoms with van der Waals surface area (Å²) >= 11 is 0. The Labute approximate surface area is 136 Å². The van der Waals surface area contributed by atoms with Crippen LogP contribution in [0.4, 0.5) is 4.79 Å². The first-order chi connectivity index (χ1) is 11.1. The molecule has 0 unspecified atom stereocenters. The van der Waals surface area contributed by atoms with Crippen LogP contribution in [0.15, 0.2) is 10.6 Å². The molecule has 1 aromatic heterocycles. The predicted molar refractivity (Wildman–Crippen MR) is 85.1 cm³/mol. The first-order valence-electron chi connectivity index (χ1n) is 8.43. The molecule has 2 atom stereocenters. The monoisotopic (exact) mass is 322 g/mol. The van der Waals surface area contributed by atoms with E-state index >= 15 is 0 Å². The molecule has 2 aliphatic heterocycles. The molecule has 128 valence electrons. The van der Waals surface area contributed by atoms with E-state index in [-0.39, 0.29) is 18.2 Å². The molecule has 2 aliphatic rings. The second-order valence-corrected chi connectivity index (χ2v) is 6.48. The maximum Gasteiger partial charge on any atom is 0.317 e. The minimum atomic E-state index is 0.0185. The van der Waals surface area contributed by atoms with Gasteiger partial charge in [-0.15, -0.1) is 0 Å². The van der Waals surface area contributed by atoms with Gasteiger partial charge in [0.15, 0.2) is 0 Å². The molecular formula is C16H26N4O3. The van der Waals surface area contributed by atoms with Gasteiger partial charge in [-0.25, -0.2) is 4.79 Å². The highest BCUT2D eigenvalue weighted by Crippen LogP contribution is 2.16. The number of hydrogen-bond acceptors (Lipinski definition) is 5. The highest BCUT2D eigenvalue weighted by Gasteiger charge is 2.27. The highest BCUT2D eigenvalue weighted by molar-refractivity contribution is 5.74. The number of nitrogens with one attached hydrogen (secondary N) is 1. The molecule has 7 nitrogen and oxygen atoms in total. The van der Waals surface area contributed by atoms with Crippen molar-refractivity contribution in [1.82, 2.24) is 20.3 Å². The fourth-order valence-corrected chi connectivity index (χ4v) is 3.21. The van der Waals surface area contributed by atoms with Gasteiger partial charge in [0.2, 0.25) is 0 Å². The van der Waals surface area contributed by atoms with E-state index in [0.29, 0.717) is 0 Å². The molecule has 0 aromatic carbocycles. The number of hydrogen-bond donors (Lipinski definition) is 1. The van der Waals surface area contributed by atoms with Crippen molar-refractivity contribution in [2.24, 2.45) is 0 Å². The summed E-state index contributed by atoms with van der Waals surface area (Å²) in [7, 11) is 0. The van der Waals surface area contributed by atoms with Crippen molar-refractivity contribution in [1.29, 1.82) is 0 Å². The molecule has 0 bridgehead atoms. The fraction of sp³-hybridized carbons (Fsp3) is 0.750. The van der Waals surface area contributed by atoms with Crippen molar-refractivity contribution in [3.8, 4) is 0 Å². The lowest BCUT2D eigenvalue weighted by Crippen LogP contribution is -2.54. The number of rotatable bonds is 4. The number of nitrogens with zero attached hydrogens (tertiary/aromatic N) is 3. The normalized spacial score (nSPS) is 23.9. The molecule has 2 fully saturated rings. The Morgan fingerprint density at radius 3 is 2.83 bits per heavy atom. The lowest BCUT2D eigenvalue weighted by atomic mass is 10.1. The average Bonchev–Trinajstić information content (AvgIpc) is 3.20. The standard InChI is InChI=1S/C16H26N4O3/c1-12-10-14(18-23-12)11-19-5-7-20(8-6-19)16(21)17-13(2)15-4-3-9-22-15/h10,13,15H,3-9,11H2,1-2H3,(H,17,21)/t13-,15+/m0/s1. The number of carbonyl (C=O) groups is 1. The molecule has 1 aromatic rings. The van der Waals surface area contributed by atoms with Gasteiger partial charge < -0.3 is 19.5 Å². The molecule has 0 aliphatic carbocycles. The van der Waals surface area contributed by atoms with Crippen LogP contribution in [0.1, 0.15) is 31.2 Å². The summed E-state index contributed by atoms with van der Waals surface area (Å²) < 4.78 is 10.7. The molecule has 7 heteroatoms. The molecule has 0 spiro atoms. The zero-order valence-corrected chi connectivity index (χ0v) is 14.0. The van der Waals surface area contributed by atoms with E-state index < -0.39 is 0 Å². The van der Waals surface area contributed by atoms with Crippen LogP contribution in [-0.4, -0.2) is 65.9 Å². The maximum absolute atomic E-state index is 12.3. The van der Waals surface area contributed by atoms with E-state index in [1.165, 1.54) is 0 Å². The number of urea groups is 1. The molecule has 23 heavy (non-hydrogen) atoms. The van der Waals surface area contributed by atoms with Crippen LogP contribution in [-0.2, 0) is 11.3 Å². The van der Waals surface area contributed by atoms with E-state index in [2.05, 4.69) is 15.4 Å². The number of carbonyl (C=O) groups excluding carboxylic acids is 1. The van der Waals surface area contributed by atoms with E-state index in [1.54, 1.807) is 0 Å². The van der Waals surface area contributed by atoms with E-state index in [0.717, 1.165) is 63.6 Å². The Morgan fingerprint density at radius 2 is 2.22 bits per heavy atom. The van der Waals surface area contributed by atoms with Gasteiger partial charge in [-0.1, -0.05) is 5.16 Å². The summed E-state index contributed by atoms with van der Waals surface area (Å²) in [6.07, 6.45) is 2.29. The number of amides is 2. The number of aromatic nitrogens is 1. The van der Waals surface area contributed by atoms with Crippen molar-refractivity contribution >= 4 is 6.03 Å². The van der Waals surface area contributed by atoms with E-state index in [9.17, 15) is 4.79 Å². The minimum Gasteiger partial charge on any atom is -0.376 e. The first kappa shape index (κ1) is 16.3. The lowest BCUT2D eigenvalue weighted by molar-refractivity contribution is 0.0799. The van der Waals surface area contributed by atoms with E-state index in [4.69, 9.17) is 9.26 Å². The van der Waals surface area contributed by atoms with Gasteiger partial charge in [0.1, 0.15) is 5.76 Å². The van der Waals surface area contributed by atoms with Crippen molar-refractivity contribution in [3.63, 3.8) is 0 Å². The van der Waals surface area contributed by atoms with Crippen molar-refractivity contribution in [2.45, 2.75) is 45.4 Å². The largest absolute Gasteiger partial charge is 0.376 e. The third-order valence-corrected chi connectivity index (χ3v) is 4.60. The lowest BCUT2D eigenvalue weighted by Gasteiger charge is -2.35. The number of aryl methyl sites for hydroxylation is 1. The van der Waals surface area contributed by atoms with Gasteiger partial charge in [0, 0.05) is 45.4 Å². The molecule has 2 saturated heterocycles. The van der Waals surface area contributed by atoms with Gasteiger partial charge in [0.25, 0.3) is 0 Å². The van der Waals surface area contributed by atoms with Crippen molar-refractivity contribution in [2.75, 3.05) is 32.8 Å². The van der Waals surface area contributed by atoms with Crippen LogP contribution in [0.5, 0.6) is 0 Å². The highest BCUT2D eigenvalue weighted by atomic mass is 16.5. The third kappa shape index (κ3) is 4.23. The van der Waals surface area contributed by atoms with Gasteiger partial charge >= 0.3 is 6.03 Å². The summed E-state index contributed by atoms with van der Waals surface area (Å²) in [5.74, 6) is 0.834. The number of ether oxygens (including phenoxy) is 1. The van der Waals surface area contributed by atoms with Gasteiger partial charge in [0.05, 0.1) is 17.8 Å². The summed E-state index contributed by atoms with van der Waals surface area (Å²) in [5, 5.41) is 7.10. The fourth-order valence-electron chi connectivity index (χ4n) is 3.21.